The van der Waals surface area contributed by atoms with Crippen LogP contribution in [0.3, 0.4) is 0 Å². The van der Waals surface area contributed by atoms with Crippen LogP contribution in [0.2, 0.25) is 0 Å². The van der Waals surface area contributed by atoms with Gasteiger partial charge in [-0.25, -0.2) is 9.07 Å². The summed E-state index contributed by atoms with van der Waals surface area (Å²) in [6, 6.07) is 16.1. The molecule has 0 aliphatic heterocycles. The van der Waals surface area contributed by atoms with Gasteiger partial charge in [0.2, 0.25) is 0 Å². The largest absolute Gasteiger partial charge is 0.318 e. The fraction of sp³-hybridized carbons (Fsp3) is 0.105. The number of para-hydroxylation sites is 1. The molecule has 1 amide bonds. The number of halogens is 1. The molecule has 0 spiro atoms. The summed E-state index contributed by atoms with van der Waals surface area (Å²) in [5.74, 6) is -1.12. The van der Waals surface area contributed by atoms with E-state index in [0.29, 0.717) is 0 Å². The normalized spacial score (nSPS) is 10.5. The van der Waals surface area contributed by atoms with Crippen LogP contribution in [0.5, 0.6) is 0 Å². The Morgan fingerprint density at radius 1 is 1.08 bits per heavy atom. The number of amides is 1. The summed E-state index contributed by atoms with van der Waals surface area (Å²) in [5, 5.41) is 6.54. The molecule has 6 heteroatoms. The summed E-state index contributed by atoms with van der Waals surface area (Å²) in [6.07, 6.45) is 0. The number of aromatic nitrogens is 2. The van der Waals surface area contributed by atoms with Gasteiger partial charge in [-0.05, 0) is 30.7 Å². The molecule has 0 aliphatic carbocycles. The van der Waals surface area contributed by atoms with Crippen molar-refractivity contribution in [3.05, 3.63) is 93.7 Å². The van der Waals surface area contributed by atoms with Crippen molar-refractivity contribution in [2.24, 2.45) is 0 Å². The molecule has 0 aliphatic rings. The van der Waals surface area contributed by atoms with Gasteiger partial charge in [-0.1, -0.05) is 42.0 Å². The van der Waals surface area contributed by atoms with Gasteiger partial charge in [0.1, 0.15) is 11.5 Å². The summed E-state index contributed by atoms with van der Waals surface area (Å²) < 4.78 is 14.8. The maximum absolute atomic E-state index is 13.6. The van der Waals surface area contributed by atoms with Gasteiger partial charge in [-0.3, -0.25) is 9.59 Å². The second-order valence-electron chi connectivity index (χ2n) is 5.63. The van der Waals surface area contributed by atoms with Crippen LogP contribution in [-0.4, -0.2) is 15.7 Å². The molecule has 5 nitrogen and oxygen atoms in total. The molecule has 3 rings (SSSR count). The Balaban J connectivity index is 1.83. The summed E-state index contributed by atoms with van der Waals surface area (Å²) in [5.41, 5.74) is 1.79. The smallest absolute Gasteiger partial charge is 0.276 e. The number of nitrogens with one attached hydrogen (secondary N) is 1. The molecule has 1 heterocycles. The molecule has 0 saturated heterocycles. The molecule has 0 bridgehead atoms. The van der Waals surface area contributed by atoms with Gasteiger partial charge in [0.05, 0.1) is 12.2 Å². The molecule has 2 aromatic carbocycles. The van der Waals surface area contributed by atoms with Crippen LogP contribution in [0.4, 0.5) is 10.1 Å². The monoisotopic (exact) mass is 337 g/mol. The molecule has 0 unspecified atom stereocenters. The molecule has 3 aromatic rings. The lowest BCUT2D eigenvalue weighted by Crippen LogP contribution is -2.26. The molecule has 25 heavy (non-hydrogen) atoms. The van der Waals surface area contributed by atoms with Gasteiger partial charge < -0.3 is 5.32 Å². The molecule has 126 valence electrons. The number of aryl methyl sites for hydroxylation is 1. The van der Waals surface area contributed by atoms with Crippen molar-refractivity contribution in [2.45, 2.75) is 13.5 Å². The highest BCUT2D eigenvalue weighted by Gasteiger charge is 2.12. The molecule has 0 saturated carbocycles. The maximum Gasteiger partial charge on any atom is 0.276 e. The fourth-order valence-corrected chi connectivity index (χ4v) is 2.30. The number of nitrogens with zero attached hydrogens (tertiary/aromatic N) is 2. The van der Waals surface area contributed by atoms with E-state index in [0.717, 1.165) is 11.1 Å². The van der Waals surface area contributed by atoms with Crippen molar-refractivity contribution >= 4 is 11.6 Å². The van der Waals surface area contributed by atoms with E-state index in [1.807, 2.05) is 31.2 Å². The minimum Gasteiger partial charge on any atom is -0.318 e. The van der Waals surface area contributed by atoms with E-state index in [2.05, 4.69) is 10.4 Å². The van der Waals surface area contributed by atoms with Crippen LogP contribution >= 0.6 is 0 Å². The summed E-state index contributed by atoms with van der Waals surface area (Å²) >= 11 is 0. The lowest BCUT2D eigenvalue weighted by molar-refractivity contribution is 0.101. The van der Waals surface area contributed by atoms with E-state index in [-0.39, 0.29) is 23.5 Å². The fourth-order valence-electron chi connectivity index (χ4n) is 2.30. The number of rotatable bonds is 4. The van der Waals surface area contributed by atoms with Crippen molar-refractivity contribution in [3.63, 3.8) is 0 Å². The predicted octanol–water partition coefficient (Wildman–Crippen LogP) is 2.99. The van der Waals surface area contributed by atoms with Crippen LogP contribution in [-0.2, 0) is 6.54 Å². The Hall–Kier alpha value is -3.28. The highest BCUT2D eigenvalue weighted by atomic mass is 19.1. The van der Waals surface area contributed by atoms with Crippen molar-refractivity contribution in [1.82, 2.24) is 9.78 Å². The van der Waals surface area contributed by atoms with E-state index in [9.17, 15) is 14.0 Å². The minimum absolute atomic E-state index is 0.0370. The van der Waals surface area contributed by atoms with E-state index in [4.69, 9.17) is 0 Å². The summed E-state index contributed by atoms with van der Waals surface area (Å²) in [6.45, 7) is 2.22. The Morgan fingerprint density at radius 3 is 2.52 bits per heavy atom. The lowest BCUT2D eigenvalue weighted by Gasteiger charge is -2.09. The summed E-state index contributed by atoms with van der Waals surface area (Å²) in [7, 11) is 0. The number of anilines is 1. The first-order valence-electron chi connectivity index (χ1n) is 7.72. The number of hydrogen-bond acceptors (Lipinski definition) is 3. The number of hydrogen-bond donors (Lipinski definition) is 1. The lowest BCUT2D eigenvalue weighted by atomic mass is 10.1. The predicted molar refractivity (Wildman–Crippen MR) is 93.1 cm³/mol. The zero-order valence-electron chi connectivity index (χ0n) is 13.6. The Labute approximate surface area is 143 Å². The number of carbonyl (C=O) groups excluding carboxylic acids is 1. The molecule has 0 atom stereocenters. The van der Waals surface area contributed by atoms with Gasteiger partial charge >= 0.3 is 0 Å². The van der Waals surface area contributed by atoms with Gasteiger partial charge in [0.15, 0.2) is 0 Å². The minimum atomic E-state index is -0.581. The van der Waals surface area contributed by atoms with Crippen molar-refractivity contribution in [3.8, 4) is 0 Å². The SMILES string of the molecule is Cc1ccc(Cn2nc(C(=O)Nc3ccccc3F)ccc2=O)cc1. The second kappa shape index (κ2) is 7.09. The standard InChI is InChI=1S/C19H16FN3O2/c1-13-6-8-14(9-7-13)12-23-18(24)11-10-17(22-23)19(25)21-16-5-3-2-4-15(16)20/h2-11H,12H2,1H3,(H,21,25). The molecular formula is C19H16FN3O2. The first-order valence-corrected chi connectivity index (χ1v) is 7.72. The number of carbonyl (C=O) groups is 1. The maximum atomic E-state index is 13.6. The molecular weight excluding hydrogens is 321 g/mol. The van der Waals surface area contributed by atoms with Gasteiger partial charge in [-0.2, -0.15) is 5.10 Å². The van der Waals surface area contributed by atoms with Crippen molar-refractivity contribution in [2.75, 3.05) is 5.32 Å². The zero-order valence-corrected chi connectivity index (χ0v) is 13.6. The first-order chi connectivity index (χ1) is 12.0. The average molecular weight is 337 g/mol. The third-order valence-corrected chi connectivity index (χ3v) is 3.67. The highest BCUT2D eigenvalue weighted by Crippen LogP contribution is 2.13. The second-order valence-corrected chi connectivity index (χ2v) is 5.63. The Kier molecular flexibility index (Phi) is 4.70. The molecule has 0 fully saturated rings. The van der Waals surface area contributed by atoms with Crippen LogP contribution in [0.1, 0.15) is 21.6 Å². The van der Waals surface area contributed by atoms with E-state index >= 15 is 0 Å². The van der Waals surface area contributed by atoms with Crippen LogP contribution in [0.25, 0.3) is 0 Å². The highest BCUT2D eigenvalue weighted by molar-refractivity contribution is 6.02. The number of benzene rings is 2. The van der Waals surface area contributed by atoms with E-state index in [1.54, 1.807) is 6.07 Å². The first kappa shape index (κ1) is 16.6. The Bertz CT molecular complexity index is 965. The van der Waals surface area contributed by atoms with Crippen molar-refractivity contribution in [1.29, 1.82) is 0 Å². The van der Waals surface area contributed by atoms with Crippen LogP contribution < -0.4 is 10.9 Å². The average Bonchev–Trinajstić information content (AvgIpc) is 2.60. The van der Waals surface area contributed by atoms with E-state index in [1.165, 1.54) is 35.0 Å². The van der Waals surface area contributed by atoms with Gasteiger partial charge in [0.25, 0.3) is 11.5 Å². The Morgan fingerprint density at radius 2 is 1.80 bits per heavy atom. The topological polar surface area (TPSA) is 64.0 Å². The third kappa shape index (κ3) is 3.98. The van der Waals surface area contributed by atoms with Gasteiger partial charge in [0, 0.05) is 6.07 Å². The quantitative estimate of drug-likeness (QED) is 0.796. The molecule has 1 N–H and O–H groups in total. The van der Waals surface area contributed by atoms with E-state index < -0.39 is 11.7 Å². The van der Waals surface area contributed by atoms with Crippen LogP contribution in [0.15, 0.2) is 65.5 Å². The van der Waals surface area contributed by atoms with Crippen LogP contribution in [0, 0.1) is 12.7 Å². The zero-order chi connectivity index (χ0) is 17.8. The van der Waals surface area contributed by atoms with Gasteiger partial charge in [-0.15, -0.1) is 0 Å². The molecule has 1 aromatic heterocycles. The van der Waals surface area contributed by atoms with Crippen molar-refractivity contribution < 1.29 is 9.18 Å². The summed E-state index contributed by atoms with van der Waals surface area (Å²) in [4.78, 5) is 24.3. The third-order valence-electron chi connectivity index (χ3n) is 3.67. The molecule has 0 radical (unpaired) electrons.